The minimum atomic E-state index is -0.905. The molecule has 0 rings (SSSR count). The fourth-order valence-electron chi connectivity index (χ4n) is 0.864. The Morgan fingerprint density at radius 3 is 2.47 bits per heavy atom. The van der Waals surface area contributed by atoms with Crippen LogP contribution in [-0.4, -0.2) is 41.6 Å². The summed E-state index contributed by atoms with van der Waals surface area (Å²) in [7, 11) is 0. The van der Waals surface area contributed by atoms with Gasteiger partial charge in [-0.15, -0.1) is 11.8 Å². The highest BCUT2D eigenvalue weighted by Gasteiger charge is 2.20. The lowest BCUT2D eigenvalue weighted by molar-refractivity contribution is -0.144. The Balaban J connectivity index is 3.98. The summed E-state index contributed by atoms with van der Waals surface area (Å²) in [6.45, 7) is 3.52. The van der Waals surface area contributed by atoms with Gasteiger partial charge in [-0.3, -0.25) is 14.9 Å². The zero-order valence-corrected chi connectivity index (χ0v) is 10.6. The summed E-state index contributed by atoms with van der Waals surface area (Å²) >= 11 is 1.14. The van der Waals surface area contributed by atoms with Crippen LogP contribution in [0.15, 0.2) is 0 Å². The normalized spacial score (nSPS) is 13.6. The molecule has 0 aromatic carbocycles. The van der Waals surface area contributed by atoms with Gasteiger partial charge in [0.2, 0.25) is 5.91 Å². The molecule has 0 aromatic rings. The van der Waals surface area contributed by atoms with E-state index in [1.54, 1.807) is 13.8 Å². The molecule has 0 bridgehead atoms. The van der Waals surface area contributed by atoms with Gasteiger partial charge in [0, 0.05) is 5.75 Å². The third-order valence-corrected chi connectivity index (χ3v) is 3.00. The number of esters is 1. The second-order valence-corrected chi connectivity index (χ2v) is 4.56. The number of urea groups is 1. The first kappa shape index (κ1) is 15.7. The fraction of sp³-hybridized carbons (Fsp3) is 0.667. The minimum Gasteiger partial charge on any atom is -0.465 e. The summed E-state index contributed by atoms with van der Waals surface area (Å²) in [4.78, 5) is 32.9. The molecule has 3 amide bonds. The quantitative estimate of drug-likeness (QED) is 0.538. The lowest BCUT2D eigenvalue weighted by Crippen LogP contribution is -2.41. The number of thioether (sulfide) groups is 1. The van der Waals surface area contributed by atoms with Gasteiger partial charge in [-0.25, -0.2) is 4.79 Å². The van der Waals surface area contributed by atoms with Gasteiger partial charge in [0.15, 0.2) is 0 Å². The van der Waals surface area contributed by atoms with Crippen LogP contribution < -0.4 is 16.8 Å². The molecule has 0 fully saturated rings. The summed E-state index contributed by atoms with van der Waals surface area (Å²) < 4.78 is 4.71. The van der Waals surface area contributed by atoms with Crippen molar-refractivity contribution in [3.8, 4) is 0 Å². The first-order chi connectivity index (χ1) is 7.88. The van der Waals surface area contributed by atoms with Crippen molar-refractivity contribution in [1.29, 1.82) is 0 Å². The molecule has 0 aromatic heterocycles. The second-order valence-electron chi connectivity index (χ2n) is 3.19. The molecule has 2 unspecified atom stereocenters. The van der Waals surface area contributed by atoms with Crippen molar-refractivity contribution in [3.05, 3.63) is 0 Å². The Kier molecular flexibility index (Phi) is 7.31. The highest BCUT2D eigenvalue weighted by molar-refractivity contribution is 8.00. The number of primary amides is 1. The second kappa shape index (κ2) is 7.91. The minimum absolute atomic E-state index is 0.228. The van der Waals surface area contributed by atoms with E-state index in [1.165, 1.54) is 0 Å². The lowest BCUT2D eigenvalue weighted by Gasteiger charge is -2.13. The largest absolute Gasteiger partial charge is 0.465 e. The third kappa shape index (κ3) is 6.80. The van der Waals surface area contributed by atoms with E-state index in [0.717, 1.165) is 11.8 Å². The van der Waals surface area contributed by atoms with Crippen LogP contribution >= 0.6 is 11.8 Å². The average molecular weight is 263 g/mol. The van der Waals surface area contributed by atoms with E-state index in [2.05, 4.69) is 0 Å². The summed E-state index contributed by atoms with van der Waals surface area (Å²) in [5.74, 6) is -0.798. The highest BCUT2D eigenvalue weighted by Crippen LogP contribution is 2.11. The Morgan fingerprint density at radius 1 is 1.41 bits per heavy atom. The molecule has 98 valence electrons. The summed E-state index contributed by atoms with van der Waals surface area (Å²) in [6, 6.07) is -1.69. The topological polar surface area (TPSA) is 125 Å². The lowest BCUT2D eigenvalue weighted by atomic mass is 10.4. The number of nitrogens with two attached hydrogens (primary N) is 2. The maximum absolute atomic E-state index is 11.3. The van der Waals surface area contributed by atoms with Gasteiger partial charge < -0.3 is 16.2 Å². The number of carbonyl (C=O) groups excluding carboxylic acids is 3. The standard InChI is InChI=1S/C9H17N3O4S/c1-3-16-8(14)6(10)4-17-5(2)7(13)12-9(11)15/h5-6H,3-4,10H2,1-2H3,(H3,11,12,13,15). The Morgan fingerprint density at radius 2 is 2.00 bits per heavy atom. The van der Waals surface area contributed by atoms with Crippen LogP contribution in [0.4, 0.5) is 4.79 Å². The molecule has 17 heavy (non-hydrogen) atoms. The Hall–Kier alpha value is -1.28. The van der Waals surface area contributed by atoms with Crippen molar-refractivity contribution in [2.45, 2.75) is 25.1 Å². The summed E-state index contributed by atoms with van der Waals surface area (Å²) in [5, 5.41) is 1.42. The van der Waals surface area contributed by atoms with Crippen molar-refractivity contribution >= 4 is 29.7 Å². The van der Waals surface area contributed by atoms with Gasteiger partial charge >= 0.3 is 12.0 Å². The number of rotatable bonds is 6. The molecule has 0 aliphatic rings. The smallest absolute Gasteiger partial charge is 0.323 e. The predicted molar refractivity (Wildman–Crippen MR) is 64.3 cm³/mol. The van der Waals surface area contributed by atoms with Crippen LogP contribution in [0, 0.1) is 0 Å². The van der Waals surface area contributed by atoms with Crippen molar-refractivity contribution in [3.63, 3.8) is 0 Å². The van der Waals surface area contributed by atoms with Crippen LogP contribution in [-0.2, 0) is 14.3 Å². The molecule has 0 saturated carbocycles. The van der Waals surface area contributed by atoms with Gasteiger partial charge in [0.1, 0.15) is 6.04 Å². The van der Waals surface area contributed by atoms with Crippen LogP contribution in [0.2, 0.25) is 0 Å². The molecule has 5 N–H and O–H groups in total. The molecule has 0 aliphatic heterocycles. The van der Waals surface area contributed by atoms with Crippen LogP contribution in [0.1, 0.15) is 13.8 Å². The molecule has 0 aliphatic carbocycles. The Labute approximate surface area is 104 Å². The summed E-state index contributed by atoms with van der Waals surface area (Å²) in [5.41, 5.74) is 10.3. The van der Waals surface area contributed by atoms with Crippen molar-refractivity contribution in [2.24, 2.45) is 11.5 Å². The van der Waals surface area contributed by atoms with Crippen molar-refractivity contribution in [2.75, 3.05) is 12.4 Å². The monoisotopic (exact) mass is 263 g/mol. The number of ether oxygens (including phenoxy) is 1. The van der Waals surface area contributed by atoms with Gasteiger partial charge in [0.05, 0.1) is 11.9 Å². The van der Waals surface area contributed by atoms with Gasteiger partial charge in [0.25, 0.3) is 0 Å². The number of nitrogens with one attached hydrogen (secondary N) is 1. The highest BCUT2D eigenvalue weighted by atomic mass is 32.2. The molecular formula is C9H17N3O4S. The van der Waals surface area contributed by atoms with Gasteiger partial charge in [-0.05, 0) is 13.8 Å². The molecule has 8 heteroatoms. The van der Waals surface area contributed by atoms with Crippen molar-refractivity contribution < 1.29 is 19.1 Å². The van der Waals surface area contributed by atoms with Crippen LogP contribution in [0.25, 0.3) is 0 Å². The SMILES string of the molecule is CCOC(=O)C(N)CSC(C)C(=O)NC(N)=O. The molecule has 0 radical (unpaired) electrons. The molecule has 0 saturated heterocycles. The zero-order chi connectivity index (χ0) is 13.4. The van der Waals surface area contributed by atoms with E-state index < -0.39 is 29.2 Å². The maximum atomic E-state index is 11.3. The average Bonchev–Trinajstić information content (AvgIpc) is 2.24. The van der Waals surface area contributed by atoms with E-state index in [1.807, 2.05) is 5.32 Å². The molecular weight excluding hydrogens is 246 g/mol. The summed E-state index contributed by atoms with van der Waals surface area (Å²) in [6.07, 6.45) is 0. The third-order valence-electron chi connectivity index (χ3n) is 1.73. The van der Waals surface area contributed by atoms with E-state index in [4.69, 9.17) is 16.2 Å². The maximum Gasteiger partial charge on any atom is 0.323 e. The van der Waals surface area contributed by atoms with Crippen LogP contribution in [0.3, 0.4) is 0 Å². The molecule has 0 spiro atoms. The number of imide groups is 1. The first-order valence-electron chi connectivity index (χ1n) is 5.02. The van der Waals surface area contributed by atoms with Gasteiger partial charge in [-0.1, -0.05) is 0 Å². The predicted octanol–water partition coefficient (Wildman–Crippen LogP) is -0.807. The molecule has 7 nitrogen and oxygen atoms in total. The first-order valence-corrected chi connectivity index (χ1v) is 6.07. The van der Waals surface area contributed by atoms with Crippen LogP contribution in [0.5, 0.6) is 0 Å². The molecule has 2 atom stereocenters. The van der Waals surface area contributed by atoms with E-state index in [0.29, 0.717) is 0 Å². The van der Waals surface area contributed by atoms with E-state index >= 15 is 0 Å². The number of carbonyl (C=O) groups is 3. The van der Waals surface area contributed by atoms with Crippen molar-refractivity contribution in [1.82, 2.24) is 5.32 Å². The molecule has 0 heterocycles. The van der Waals surface area contributed by atoms with Gasteiger partial charge in [-0.2, -0.15) is 0 Å². The fourth-order valence-corrected chi connectivity index (χ4v) is 1.71. The number of hydrogen-bond acceptors (Lipinski definition) is 6. The number of hydrogen-bond donors (Lipinski definition) is 3. The zero-order valence-electron chi connectivity index (χ0n) is 9.76. The Bertz CT molecular complexity index is 298. The van der Waals surface area contributed by atoms with E-state index in [9.17, 15) is 14.4 Å². The number of amides is 3. The van der Waals surface area contributed by atoms with E-state index in [-0.39, 0.29) is 12.4 Å².